The minimum Gasteiger partial charge on any atom is -0.483 e. The number of piperidine rings is 1. The number of nitrogens with zero attached hydrogens (tertiary/aromatic N) is 1. The van der Waals surface area contributed by atoms with Crippen LogP contribution in [0.4, 0.5) is 0 Å². The fourth-order valence-electron chi connectivity index (χ4n) is 2.77. The SMILES string of the molecule is CCc1ccccc1OCC(=O)N1CCCCC1C(=O)OC. The lowest BCUT2D eigenvalue weighted by Gasteiger charge is -2.33. The zero-order valence-corrected chi connectivity index (χ0v) is 13.2. The zero-order valence-electron chi connectivity index (χ0n) is 13.2. The molecule has 0 radical (unpaired) electrons. The number of para-hydroxylation sites is 1. The van der Waals surface area contributed by atoms with Gasteiger partial charge in [-0.15, -0.1) is 0 Å². The molecule has 0 aliphatic carbocycles. The molecule has 1 saturated heterocycles. The van der Waals surface area contributed by atoms with Gasteiger partial charge in [0.2, 0.25) is 0 Å². The van der Waals surface area contributed by atoms with Gasteiger partial charge in [0.15, 0.2) is 6.61 Å². The number of esters is 1. The quantitative estimate of drug-likeness (QED) is 0.782. The molecule has 2 rings (SSSR count). The van der Waals surface area contributed by atoms with Gasteiger partial charge in [0.1, 0.15) is 11.8 Å². The molecule has 1 amide bonds. The van der Waals surface area contributed by atoms with E-state index >= 15 is 0 Å². The van der Waals surface area contributed by atoms with Gasteiger partial charge < -0.3 is 14.4 Å². The highest BCUT2D eigenvalue weighted by atomic mass is 16.5. The van der Waals surface area contributed by atoms with Gasteiger partial charge in [0, 0.05) is 6.54 Å². The molecule has 0 aromatic heterocycles. The molecule has 1 aliphatic heterocycles. The summed E-state index contributed by atoms with van der Waals surface area (Å²) < 4.78 is 10.5. The Hall–Kier alpha value is -2.04. The fourth-order valence-corrected chi connectivity index (χ4v) is 2.77. The number of hydrogen-bond donors (Lipinski definition) is 0. The smallest absolute Gasteiger partial charge is 0.328 e. The van der Waals surface area contributed by atoms with Crippen LogP contribution in [0.15, 0.2) is 24.3 Å². The van der Waals surface area contributed by atoms with Crippen LogP contribution in [0.2, 0.25) is 0 Å². The number of methoxy groups -OCH3 is 1. The molecule has 0 bridgehead atoms. The van der Waals surface area contributed by atoms with Crippen molar-refractivity contribution in [3.05, 3.63) is 29.8 Å². The van der Waals surface area contributed by atoms with E-state index in [9.17, 15) is 9.59 Å². The van der Waals surface area contributed by atoms with Crippen molar-refractivity contribution < 1.29 is 19.1 Å². The first-order valence-corrected chi connectivity index (χ1v) is 7.75. The number of aryl methyl sites for hydroxylation is 1. The molecule has 1 aromatic rings. The van der Waals surface area contributed by atoms with Crippen LogP contribution in [-0.4, -0.2) is 43.1 Å². The first-order chi connectivity index (χ1) is 10.7. The molecule has 1 atom stereocenters. The number of carbonyl (C=O) groups is 2. The first kappa shape index (κ1) is 16.3. The lowest BCUT2D eigenvalue weighted by molar-refractivity contribution is -0.155. The lowest BCUT2D eigenvalue weighted by atomic mass is 10.0. The highest BCUT2D eigenvalue weighted by molar-refractivity contribution is 5.85. The average molecular weight is 305 g/mol. The Bertz CT molecular complexity index is 529. The van der Waals surface area contributed by atoms with Crippen LogP contribution < -0.4 is 4.74 Å². The molecule has 1 unspecified atom stereocenters. The van der Waals surface area contributed by atoms with Crippen molar-refractivity contribution in [2.45, 2.75) is 38.6 Å². The second kappa shape index (κ2) is 7.82. The van der Waals surface area contributed by atoms with Crippen LogP contribution in [0.25, 0.3) is 0 Å². The van der Waals surface area contributed by atoms with E-state index in [4.69, 9.17) is 9.47 Å². The summed E-state index contributed by atoms with van der Waals surface area (Å²) in [5.41, 5.74) is 1.07. The van der Waals surface area contributed by atoms with Crippen molar-refractivity contribution in [1.82, 2.24) is 4.90 Å². The molecule has 1 fully saturated rings. The maximum Gasteiger partial charge on any atom is 0.328 e. The first-order valence-electron chi connectivity index (χ1n) is 7.75. The van der Waals surface area contributed by atoms with Crippen molar-refractivity contribution in [3.8, 4) is 5.75 Å². The molecule has 0 spiro atoms. The van der Waals surface area contributed by atoms with Crippen LogP contribution in [0.1, 0.15) is 31.7 Å². The Morgan fingerprint density at radius 1 is 1.27 bits per heavy atom. The number of ether oxygens (including phenoxy) is 2. The molecular weight excluding hydrogens is 282 g/mol. The third-order valence-electron chi connectivity index (χ3n) is 4.00. The number of carbonyl (C=O) groups excluding carboxylic acids is 2. The molecule has 1 heterocycles. The summed E-state index contributed by atoms with van der Waals surface area (Å²) in [5.74, 6) is 0.216. The Labute approximate surface area is 131 Å². The zero-order chi connectivity index (χ0) is 15.9. The summed E-state index contributed by atoms with van der Waals surface area (Å²) in [4.78, 5) is 25.8. The third-order valence-corrected chi connectivity index (χ3v) is 4.00. The monoisotopic (exact) mass is 305 g/mol. The molecule has 1 aromatic carbocycles. The molecular formula is C17H23NO4. The number of benzene rings is 1. The summed E-state index contributed by atoms with van der Waals surface area (Å²) in [7, 11) is 1.35. The summed E-state index contributed by atoms with van der Waals surface area (Å²) in [6, 6.07) is 7.21. The maximum absolute atomic E-state index is 12.4. The van der Waals surface area contributed by atoms with Gasteiger partial charge >= 0.3 is 5.97 Å². The molecule has 5 heteroatoms. The lowest BCUT2D eigenvalue weighted by Crippen LogP contribution is -2.50. The van der Waals surface area contributed by atoms with Crippen molar-refractivity contribution >= 4 is 11.9 Å². The number of rotatable bonds is 5. The van der Waals surface area contributed by atoms with Crippen LogP contribution >= 0.6 is 0 Å². The van der Waals surface area contributed by atoms with Crippen molar-refractivity contribution in [2.24, 2.45) is 0 Å². The second-order valence-corrected chi connectivity index (χ2v) is 5.37. The summed E-state index contributed by atoms with van der Waals surface area (Å²) >= 11 is 0. The van der Waals surface area contributed by atoms with Crippen LogP contribution in [-0.2, 0) is 20.7 Å². The van der Waals surface area contributed by atoms with E-state index in [1.54, 1.807) is 4.90 Å². The van der Waals surface area contributed by atoms with E-state index in [1.165, 1.54) is 7.11 Å². The van der Waals surface area contributed by atoms with Gasteiger partial charge in [0.25, 0.3) is 5.91 Å². The molecule has 5 nitrogen and oxygen atoms in total. The van der Waals surface area contributed by atoms with Crippen molar-refractivity contribution in [1.29, 1.82) is 0 Å². The average Bonchev–Trinajstić information content (AvgIpc) is 2.59. The van der Waals surface area contributed by atoms with Gasteiger partial charge in [-0.05, 0) is 37.3 Å². The van der Waals surface area contributed by atoms with Gasteiger partial charge in [-0.3, -0.25) is 4.79 Å². The largest absolute Gasteiger partial charge is 0.483 e. The summed E-state index contributed by atoms with van der Waals surface area (Å²) in [6.07, 6.45) is 3.34. The Morgan fingerprint density at radius 2 is 2.05 bits per heavy atom. The van der Waals surface area contributed by atoms with Gasteiger partial charge in [-0.25, -0.2) is 4.79 Å². The van der Waals surface area contributed by atoms with E-state index in [1.807, 2.05) is 31.2 Å². The highest BCUT2D eigenvalue weighted by Crippen LogP contribution is 2.21. The molecule has 1 aliphatic rings. The van der Waals surface area contributed by atoms with Gasteiger partial charge in [-0.2, -0.15) is 0 Å². The van der Waals surface area contributed by atoms with Crippen molar-refractivity contribution in [3.63, 3.8) is 0 Å². The molecule has 22 heavy (non-hydrogen) atoms. The van der Waals surface area contributed by atoms with E-state index in [0.29, 0.717) is 13.0 Å². The topological polar surface area (TPSA) is 55.8 Å². The van der Waals surface area contributed by atoms with Crippen LogP contribution in [0.3, 0.4) is 0 Å². The molecule has 0 N–H and O–H groups in total. The normalized spacial score (nSPS) is 17.9. The molecule has 0 saturated carbocycles. The summed E-state index contributed by atoms with van der Waals surface area (Å²) in [5, 5.41) is 0. The Kier molecular flexibility index (Phi) is 5.81. The maximum atomic E-state index is 12.4. The van der Waals surface area contributed by atoms with E-state index in [2.05, 4.69) is 0 Å². The van der Waals surface area contributed by atoms with E-state index in [0.717, 1.165) is 30.6 Å². The predicted molar refractivity (Wildman–Crippen MR) is 82.7 cm³/mol. The van der Waals surface area contributed by atoms with E-state index < -0.39 is 6.04 Å². The number of likely N-dealkylation sites (tertiary alicyclic amines) is 1. The van der Waals surface area contributed by atoms with Gasteiger partial charge in [-0.1, -0.05) is 25.1 Å². The van der Waals surface area contributed by atoms with Crippen LogP contribution in [0, 0.1) is 0 Å². The predicted octanol–water partition coefficient (Wildman–Crippen LogP) is 2.18. The number of amides is 1. The highest BCUT2D eigenvalue weighted by Gasteiger charge is 2.32. The summed E-state index contributed by atoms with van der Waals surface area (Å²) in [6.45, 7) is 2.57. The van der Waals surface area contributed by atoms with Crippen molar-refractivity contribution in [2.75, 3.05) is 20.3 Å². The van der Waals surface area contributed by atoms with Gasteiger partial charge in [0.05, 0.1) is 7.11 Å². The van der Waals surface area contributed by atoms with Crippen LogP contribution in [0.5, 0.6) is 5.75 Å². The second-order valence-electron chi connectivity index (χ2n) is 5.37. The third kappa shape index (κ3) is 3.78. The minimum absolute atomic E-state index is 0.0511. The Balaban J connectivity index is 1.99. The molecule has 120 valence electrons. The fraction of sp³-hybridized carbons (Fsp3) is 0.529. The Morgan fingerprint density at radius 3 is 2.77 bits per heavy atom. The number of hydrogen-bond acceptors (Lipinski definition) is 4. The minimum atomic E-state index is -0.476. The van der Waals surface area contributed by atoms with E-state index in [-0.39, 0.29) is 18.5 Å². The standard InChI is InChI=1S/C17H23NO4/c1-3-13-8-4-5-10-15(13)22-12-16(19)18-11-7-6-9-14(18)17(20)21-2/h4-5,8,10,14H,3,6-7,9,11-12H2,1-2H3.